The second-order valence-corrected chi connectivity index (χ2v) is 6.70. The maximum atomic E-state index is 12.3. The van der Waals surface area contributed by atoms with Crippen molar-refractivity contribution in [1.29, 1.82) is 0 Å². The Bertz CT molecular complexity index is 885. The van der Waals surface area contributed by atoms with E-state index in [0.29, 0.717) is 5.92 Å². The molecule has 2 heterocycles. The number of aromatic nitrogens is 1. The molecule has 3 nitrogen and oxygen atoms in total. The van der Waals surface area contributed by atoms with Crippen LogP contribution in [0.2, 0.25) is 0 Å². The van der Waals surface area contributed by atoms with E-state index in [2.05, 4.69) is 46.3 Å². The van der Waals surface area contributed by atoms with Crippen LogP contribution in [0.15, 0.2) is 65.5 Å². The number of H-pyrrole nitrogens is 1. The number of aromatic amines is 1. The van der Waals surface area contributed by atoms with Crippen molar-refractivity contribution in [2.45, 2.75) is 25.3 Å². The van der Waals surface area contributed by atoms with E-state index in [4.69, 9.17) is 0 Å². The predicted molar refractivity (Wildman–Crippen MR) is 98.3 cm³/mol. The lowest BCUT2D eigenvalue weighted by Gasteiger charge is -2.32. The minimum absolute atomic E-state index is 0.0308. The summed E-state index contributed by atoms with van der Waals surface area (Å²) < 4.78 is 0. The SMILES string of the molecule is O=c1[nH]c(C2CCCN(Cc3ccccc3)C2)cc2ccccc12. The van der Waals surface area contributed by atoms with Crippen molar-refractivity contribution in [3.63, 3.8) is 0 Å². The molecule has 0 saturated carbocycles. The smallest absolute Gasteiger partial charge is 0.256 e. The van der Waals surface area contributed by atoms with Crippen LogP contribution in [0.1, 0.15) is 30.0 Å². The Labute approximate surface area is 141 Å². The van der Waals surface area contributed by atoms with E-state index in [9.17, 15) is 4.79 Å². The van der Waals surface area contributed by atoms with E-state index in [-0.39, 0.29) is 5.56 Å². The summed E-state index contributed by atoms with van der Waals surface area (Å²) in [5, 5.41) is 1.81. The summed E-state index contributed by atoms with van der Waals surface area (Å²) in [5.41, 5.74) is 2.46. The maximum Gasteiger partial charge on any atom is 0.256 e. The summed E-state index contributed by atoms with van der Waals surface area (Å²) >= 11 is 0. The van der Waals surface area contributed by atoms with Crippen LogP contribution in [0.5, 0.6) is 0 Å². The fraction of sp³-hybridized carbons (Fsp3) is 0.286. The molecule has 1 unspecified atom stereocenters. The summed E-state index contributed by atoms with van der Waals surface area (Å²) in [5.74, 6) is 0.403. The number of pyridine rings is 1. The van der Waals surface area contributed by atoms with Gasteiger partial charge in [0.15, 0.2) is 0 Å². The second-order valence-electron chi connectivity index (χ2n) is 6.70. The van der Waals surface area contributed by atoms with Gasteiger partial charge in [-0.15, -0.1) is 0 Å². The summed E-state index contributed by atoms with van der Waals surface area (Å²) in [4.78, 5) is 18.0. The summed E-state index contributed by atoms with van der Waals surface area (Å²) in [6.45, 7) is 3.11. The van der Waals surface area contributed by atoms with Crippen molar-refractivity contribution in [2.24, 2.45) is 0 Å². The predicted octanol–water partition coefficient (Wildman–Crippen LogP) is 3.91. The lowest BCUT2D eigenvalue weighted by Crippen LogP contribution is -2.34. The van der Waals surface area contributed by atoms with Crippen LogP contribution in [0, 0.1) is 0 Å². The normalized spacial score (nSPS) is 18.8. The van der Waals surface area contributed by atoms with Gasteiger partial charge >= 0.3 is 0 Å². The number of nitrogens with one attached hydrogen (secondary N) is 1. The third-order valence-electron chi connectivity index (χ3n) is 4.97. The molecular formula is C21H22N2O. The lowest BCUT2D eigenvalue weighted by atomic mass is 9.93. The number of benzene rings is 2. The van der Waals surface area contributed by atoms with Crippen molar-refractivity contribution in [3.8, 4) is 0 Å². The molecular weight excluding hydrogens is 296 g/mol. The van der Waals surface area contributed by atoms with E-state index >= 15 is 0 Å². The first-order valence-electron chi connectivity index (χ1n) is 8.68. The third kappa shape index (κ3) is 3.13. The molecule has 1 fully saturated rings. The topological polar surface area (TPSA) is 36.1 Å². The highest BCUT2D eigenvalue weighted by molar-refractivity contribution is 5.81. The van der Waals surface area contributed by atoms with E-state index in [1.807, 2.05) is 24.3 Å². The molecule has 0 bridgehead atoms. The molecule has 1 saturated heterocycles. The average Bonchev–Trinajstić information content (AvgIpc) is 2.63. The number of piperidine rings is 1. The molecule has 0 spiro atoms. The van der Waals surface area contributed by atoms with Crippen LogP contribution in [0.25, 0.3) is 10.8 Å². The van der Waals surface area contributed by atoms with Crippen molar-refractivity contribution < 1.29 is 0 Å². The zero-order chi connectivity index (χ0) is 16.4. The molecule has 1 N–H and O–H groups in total. The maximum absolute atomic E-state index is 12.3. The average molecular weight is 318 g/mol. The molecule has 0 radical (unpaired) electrons. The Morgan fingerprint density at radius 2 is 1.83 bits per heavy atom. The van der Waals surface area contributed by atoms with Gasteiger partial charge in [-0.25, -0.2) is 0 Å². The minimum atomic E-state index is 0.0308. The molecule has 3 heteroatoms. The molecule has 1 atom stereocenters. The number of nitrogens with zero attached hydrogens (tertiary/aromatic N) is 1. The van der Waals surface area contributed by atoms with Gasteiger partial charge in [0.25, 0.3) is 5.56 Å². The fourth-order valence-corrected chi connectivity index (χ4v) is 3.75. The molecule has 0 amide bonds. The minimum Gasteiger partial charge on any atom is -0.325 e. The molecule has 1 aliphatic heterocycles. The molecule has 24 heavy (non-hydrogen) atoms. The quantitative estimate of drug-likeness (QED) is 0.795. The van der Waals surface area contributed by atoms with Crippen LogP contribution >= 0.6 is 0 Å². The van der Waals surface area contributed by atoms with Gasteiger partial charge in [0.2, 0.25) is 0 Å². The van der Waals surface area contributed by atoms with Gasteiger partial charge in [0.1, 0.15) is 0 Å². The number of likely N-dealkylation sites (tertiary alicyclic amines) is 1. The van der Waals surface area contributed by atoms with Crippen molar-refractivity contribution in [1.82, 2.24) is 9.88 Å². The van der Waals surface area contributed by atoms with Crippen LogP contribution < -0.4 is 5.56 Å². The standard InChI is InChI=1S/C21H22N2O/c24-21-19-11-5-4-9-17(19)13-20(22-21)18-10-6-12-23(15-18)14-16-7-2-1-3-8-16/h1-5,7-9,11,13,18H,6,10,12,14-15H2,(H,22,24). The van der Waals surface area contributed by atoms with Gasteiger partial charge in [-0.2, -0.15) is 0 Å². The van der Waals surface area contributed by atoms with Gasteiger partial charge in [0, 0.05) is 30.1 Å². The Morgan fingerprint density at radius 1 is 1.04 bits per heavy atom. The van der Waals surface area contributed by atoms with Gasteiger partial charge in [-0.3, -0.25) is 9.69 Å². The molecule has 4 rings (SSSR count). The number of rotatable bonds is 3. The Balaban J connectivity index is 1.57. The van der Waals surface area contributed by atoms with Crippen molar-refractivity contribution in [3.05, 3.63) is 82.3 Å². The van der Waals surface area contributed by atoms with Crippen LogP contribution in [0.4, 0.5) is 0 Å². The summed E-state index contributed by atoms with van der Waals surface area (Å²) in [7, 11) is 0. The zero-order valence-corrected chi connectivity index (χ0v) is 13.7. The van der Waals surface area contributed by atoms with Gasteiger partial charge in [-0.1, -0.05) is 48.5 Å². The van der Waals surface area contributed by atoms with Gasteiger partial charge < -0.3 is 4.98 Å². The summed E-state index contributed by atoms with van der Waals surface area (Å²) in [6.07, 6.45) is 2.31. The first-order valence-corrected chi connectivity index (χ1v) is 8.68. The molecule has 1 aliphatic rings. The lowest BCUT2D eigenvalue weighted by molar-refractivity contribution is 0.198. The first-order chi connectivity index (χ1) is 11.8. The van der Waals surface area contributed by atoms with E-state index in [0.717, 1.165) is 42.5 Å². The molecule has 3 aromatic rings. The third-order valence-corrected chi connectivity index (χ3v) is 4.97. The van der Waals surface area contributed by atoms with E-state index in [1.54, 1.807) is 0 Å². The molecule has 1 aromatic heterocycles. The van der Waals surface area contributed by atoms with Crippen LogP contribution in [0.3, 0.4) is 0 Å². The highest BCUT2D eigenvalue weighted by Crippen LogP contribution is 2.27. The van der Waals surface area contributed by atoms with Crippen molar-refractivity contribution in [2.75, 3.05) is 13.1 Å². The van der Waals surface area contributed by atoms with Crippen LogP contribution in [-0.4, -0.2) is 23.0 Å². The molecule has 2 aromatic carbocycles. The fourth-order valence-electron chi connectivity index (χ4n) is 3.75. The number of fused-ring (bicyclic) bond motifs is 1. The highest BCUT2D eigenvalue weighted by Gasteiger charge is 2.22. The van der Waals surface area contributed by atoms with Gasteiger partial charge in [0.05, 0.1) is 0 Å². The number of hydrogen-bond acceptors (Lipinski definition) is 2. The zero-order valence-electron chi connectivity index (χ0n) is 13.7. The largest absolute Gasteiger partial charge is 0.325 e. The first kappa shape index (κ1) is 15.2. The summed E-state index contributed by atoms with van der Waals surface area (Å²) in [6, 6.07) is 20.6. The molecule has 122 valence electrons. The van der Waals surface area contributed by atoms with E-state index in [1.165, 1.54) is 12.0 Å². The molecule has 0 aliphatic carbocycles. The van der Waals surface area contributed by atoms with Crippen molar-refractivity contribution >= 4 is 10.8 Å². The van der Waals surface area contributed by atoms with Crippen LogP contribution in [-0.2, 0) is 6.54 Å². The number of hydrogen-bond donors (Lipinski definition) is 1. The highest BCUT2D eigenvalue weighted by atomic mass is 16.1. The Kier molecular flexibility index (Phi) is 4.18. The van der Waals surface area contributed by atoms with E-state index < -0.39 is 0 Å². The Morgan fingerprint density at radius 3 is 2.71 bits per heavy atom. The van der Waals surface area contributed by atoms with Gasteiger partial charge in [-0.05, 0) is 42.5 Å². The second kappa shape index (κ2) is 6.62. The monoisotopic (exact) mass is 318 g/mol. The Hall–Kier alpha value is -2.39.